The second kappa shape index (κ2) is 7.42. The Balaban J connectivity index is 3.28. The van der Waals surface area contributed by atoms with Crippen molar-refractivity contribution < 1.29 is 14.5 Å². The monoisotopic (exact) mass is 281 g/mol. The zero-order chi connectivity index (χ0) is 15.1. The van der Waals surface area contributed by atoms with E-state index in [1.807, 2.05) is 18.7 Å². The zero-order valence-electron chi connectivity index (χ0n) is 12.0. The molecule has 20 heavy (non-hydrogen) atoms. The van der Waals surface area contributed by atoms with Crippen LogP contribution in [0.1, 0.15) is 37.2 Å². The summed E-state index contributed by atoms with van der Waals surface area (Å²) in [4.78, 5) is 28.1. The molecule has 0 bridgehead atoms. The van der Waals surface area contributed by atoms with Crippen LogP contribution in [0.3, 0.4) is 0 Å². The van der Waals surface area contributed by atoms with Gasteiger partial charge >= 0.3 is 11.7 Å². The number of hydrogen-bond donors (Lipinski definition) is 0. The number of nitrogens with zero attached hydrogens (tertiary/aromatic N) is 3. The molecule has 0 saturated heterocycles. The minimum absolute atomic E-state index is 0.0744. The molecule has 0 amide bonds. The lowest BCUT2D eigenvalue weighted by Gasteiger charge is -2.22. The van der Waals surface area contributed by atoms with Crippen LogP contribution in [0.2, 0.25) is 0 Å². The summed E-state index contributed by atoms with van der Waals surface area (Å²) >= 11 is 0. The minimum Gasteiger partial charge on any atom is -0.464 e. The number of carbonyl (C=O) groups excluding carboxylic acids is 1. The molecule has 7 nitrogen and oxygen atoms in total. The van der Waals surface area contributed by atoms with Crippen LogP contribution in [0.5, 0.6) is 0 Å². The first-order chi connectivity index (χ1) is 9.54. The van der Waals surface area contributed by atoms with Crippen molar-refractivity contribution in [3.63, 3.8) is 0 Å². The Labute approximate surface area is 117 Å². The van der Waals surface area contributed by atoms with Gasteiger partial charge in [-0.05, 0) is 18.9 Å². The van der Waals surface area contributed by atoms with Crippen molar-refractivity contribution in [2.45, 2.75) is 26.7 Å². The summed E-state index contributed by atoms with van der Waals surface area (Å²) in [6.45, 7) is 5.26. The van der Waals surface area contributed by atoms with E-state index in [1.54, 1.807) is 0 Å². The van der Waals surface area contributed by atoms with Gasteiger partial charge in [-0.15, -0.1) is 0 Å². The van der Waals surface area contributed by atoms with Crippen molar-refractivity contribution in [1.29, 1.82) is 0 Å². The van der Waals surface area contributed by atoms with Crippen molar-refractivity contribution in [3.8, 4) is 0 Å². The number of carbonyl (C=O) groups is 1. The molecule has 0 fully saturated rings. The summed E-state index contributed by atoms with van der Waals surface area (Å²) in [5.41, 5.74) is -0.0233. The topological polar surface area (TPSA) is 85.6 Å². The first-order valence-electron chi connectivity index (χ1n) is 6.53. The first-order valence-corrected chi connectivity index (χ1v) is 6.53. The number of methoxy groups -OCH3 is 1. The fourth-order valence-electron chi connectivity index (χ4n) is 1.90. The van der Waals surface area contributed by atoms with Crippen LogP contribution in [0.15, 0.2) is 12.1 Å². The quantitative estimate of drug-likeness (QED) is 0.433. The van der Waals surface area contributed by atoms with E-state index < -0.39 is 10.9 Å². The highest BCUT2D eigenvalue weighted by atomic mass is 16.6. The fraction of sp³-hybridized carbons (Fsp3) is 0.538. The molecule has 1 aromatic heterocycles. The van der Waals surface area contributed by atoms with Gasteiger partial charge in [-0.1, -0.05) is 13.8 Å². The maximum absolute atomic E-state index is 11.5. The minimum atomic E-state index is -0.603. The third-order valence-corrected chi connectivity index (χ3v) is 2.73. The average molecular weight is 281 g/mol. The summed E-state index contributed by atoms with van der Waals surface area (Å²) in [5.74, 6) is -0.379. The third kappa shape index (κ3) is 3.66. The van der Waals surface area contributed by atoms with Crippen LogP contribution in [0.4, 0.5) is 11.5 Å². The SMILES string of the molecule is CCCN(CCC)c1nc(C(=O)OC)ccc1[N+](=O)[O-]. The molecule has 0 atom stereocenters. The molecule has 0 aliphatic rings. The van der Waals surface area contributed by atoms with Gasteiger partial charge in [0.1, 0.15) is 0 Å². The standard InChI is InChI=1S/C13H19N3O4/c1-4-8-15(9-5-2)12-11(16(18)19)7-6-10(14-12)13(17)20-3/h6-7H,4-5,8-9H2,1-3H3. The number of anilines is 1. The van der Waals surface area contributed by atoms with Crippen molar-refractivity contribution in [2.24, 2.45) is 0 Å². The van der Waals surface area contributed by atoms with E-state index in [0.29, 0.717) is 13.1 Å². The molecule has 0 spiro atoms. The van der Waals surface area contributed by atoms with E-state index >= 15 is 0 Å². The Kier molecular flexibility index (Phi) is 5.89. The first kappa shape index (κ1) is 15.9. The summed E-state index contributed by atoms with van der Waals surface area (Å²) in [6, 6.07) is 2.61. The highest BCUT2D eigenvalue weighted by molar-refractivity contribution is 5.88. The molecule has 7 heteroatoms. The smallest absolute Gasteiger partial charge is 0.356 e. The lowest BCUT2D eigenvalue weighted by molar-refractivity contribution is -0.384. The highest BCUT2D eigenvalue weighted by Crippen LogP contribution is 2.26. The van der Waals surface area contributed by atoms with Crippen LogP contribution in [-0.4, -0.2) is 36.1 Å². The van der Waals surface area contributed by atoms with Gasteiger partial charge in [0.05, 0.1) is 12.0 Å². The molecular formula is C13H19N3O4. The van der Waals surface area contributed by atoms with Crippen LogP contribution in [0.25, 0.3) is 0 Å². The number of aromatic nitrogens is 1. The molecule has 110 valence electrons. The number of esters is 1. The van der Waals surface area contributed by atoms with Crippen LogP contribution in [0, 0.1) is 10.1 Å². The van der Waals surface area contributed by atoms with E-state index in [0.717, 1.165) is 12.8 Å². The largest absolute Gasteiger partial charge is 0.464 e. The van der Waals surface area contributed by atoms with Gasteiger partial charge in [0.15, 0.2) is 5.69 Å². The van der Waals surface area contributed by atoms with E-state index in [1.165, 1.54) is 19.2 Å². The van der Waals surface area contributed by atoms with Gasteiger partial charge in [0.25, 0.3) is 0 Å². The normalized spacial score (nSPS) is 10.2. The summed E-state index contributed by atoms with van der Waals surface area (Å²) in [5, 5.41) is 11.1. The summed E-state index contributed by atoms with van der Waals surface area (Å²) < 4.78 is 4.60. The number of nitro groups is 1. The molecule has 0 aliphatic carbocycles. The Morgan fingerprint density at radius 3 is 2.40 bits per heavy atom. The lowest BCUT2D eigenvalue weighted by Crippen LogP contribution is -2.27. The molecule has 1 aromatic rings. The fourth-order valence-corrected chi connectivity index (χ4v) is 1.90. The van der Waals surface area contributed by atoms with Gasteiger partial charge in [-0.2, -0.15) is 0 Å². The molecule has 0 aromatic carbocycles. The Morgan fingerprint density at radius 2 is 1.95 bits per heavy atom. The number of hydrogen-bond acceptors (Lipinski definition) is 6. The predicted octanol–water partition coefficient (Wildman–Crippen LogP) is 2.40. The molecule has 0 saturated carbocycles. The molecule has 0 unspecified atom stereocenters. The Bertz CT molecular complexity index is 485. The van der Waals surface area contributed by atoms with Gasteiger partial charge in [-0.25, -0.2) is 9.78 Å². The van der Waals surface area contributed by atoms with Gasteiger partial charge in [0.2, 0.25) is 5.82 Å². The number of rotatable bonds is 7. The summed E-state index contributed by atoms with van der Waals surface area (Å²) in [7, 11) is 1.25. The maximum Gasteiger partial charge on any atom is 0.356 e. The van der Waals surface area contributed by atoms with E-state index in [4.69, 9.17) is 0 Å². The second-order valence-corrected chi connectivity index (χ2v) is 4.27. The predicted molar refractivity (Wildman–Crippen MR) is 75.0 cm³/mol. The number of ether oxygens (including phenoxy) is 1. The molecular weight excluding hydrogens is 262 g/mol. The zero-order valence-corrected chi connectivity index (χ0v) is 12.0. The van der Waals surface area contributed by atoms with E-state index in [-0.39, 0.29) is 17.2 Å². The average Bonchev–Trinajstić information content (AvgIpc) is 2.45. The molecule has 1 heterocycles. The molecule has 0 aliphatic heterocycles. The second-order valence-electron chi connectivity index (χ2n) is 4.27. The third-order valence-electron chi connectivity index (χ3n) is 2.73. The maximum atomic E-state index is 11.5. The van der Waals surface area contributed by atoms with Gasteiger partial charge in [0, 0.05) is 19.2 Å². The van der Waals surface area contributed by atoms with Crippen molar-refractivity contribution in [2.75, 3.05) is 25.1 Å². The van der Waals surface area contributed by atoms with E-state index in [2.05, 4.69) is 9.72 Å². The van der Waals surface area contributed by atoms with Gasteiger partial charge in [-0.3, -0.25) is 10.1 Å². The Morgan fingerprint density at radius 1 is 1.35 bits per heavy atom. The molecule has 0 N–H and O–H groups in total. The lowest BCUT2D eigenvalue weighted by atomic mass is 10.2. The van der Waals surface area contributed by atoms with Crippen molar-refractivity contribution in [3.05, 3.63) is 27.9 Å². The van der Waals surface area contributed by atoms with Crippen LogP contribution >= 0.6 is 0 Å². The Hall–Kier alpha value is -2.18. The van der Waals surface area contributed by atoms with E-state index in [9.17, 15) is 14.9 Å². The molecule has 1 rings (SSSR count). The van der Waals surface area contributed by atoms with Crippen LogP contribution < -0.4 is 4.90 Å². The highest BCUT2D eigenvalue weighted by Gasteiger charge is 2.23. The van der Waals surface area contributed by atoms with Crippen LogP contribution in [-0.2, 0) is 4.74 Å². The number of pyridine rings is 1. The van der Waals surface area contributed by atoms with Crippen molar-refractivity contribution in [1.82, 2.24) is 4.98 Å². The van der Waals surface area contributed by atoms with Crippen molar-refractivity contribution >= 4 is 17.5 Å². The molecule has 0 radical (unpaired) electrons. The summed E-state index contributed by atoms with van der Waals surface area (Å²) in [6.07, 6.45) is 1.67. The van der Waals surface area contributed by atoms with Gasteiger partial charge < -0.3 is 9.64 Å².